The maximum atomic E-state index is 6.02. The molecule has 22 heavy (non-hydrogen) atoms. The van der Waals surface area contributed by atoms with Crippen molar-refractivity contribution < 1.29 is 4.74 Å². The predicted octanol–water partition coefficient (Wildman–Crippen LogP) is 2.73. The number of benzene rings is 1. The van der Waals surface area contributed by atoms with Crippen molar-refractivity contribution in [1.29, 1.82) is 0 Å². The number of ether oxygens (including phenoxy) is 1. The van der Waals surface area contributed by atoms with E-state index in [9.17, 15) is 0 Å². The first kappa shape index (κ1) is 15.0. The number of hydrogen-bond donors (Lipinski definition) is 1. The summed E-state index contributed by atoms with van der Waals surface area (Å²) in [5.41, 5.74) is 8.07. The molecule has 0 spiro atoms. The quantitative estimate of drug-likeness (QED) is 0.710. The molecule has 3 aromatic rings. The molecule has 0 aliphatic carbocycles. The Morgan fingerprint density at radius 3 is 2.77 bits per heavy atom. The maximum absolute atomic E-state index is 6.02. The van der Waals surface area contributed by atoms with Crippen LogP contribution < -0.4 is 5.73 Å². The first-order valence-electron chi connectivity index (χ1n) is 7.14. The first-order valence-corrected chi connectivity index (χ1v) is 7.52. The number of fused-ring (bicyclic) bond motifs is 1. The summed E-state index contributed by atoms with van der Waals surface area (Å²) in [7, 11) is 0. The van der Waals surface area contributed by atoms with Gasteiger partial charge in [-0.25, -0.2) is 9.97 Å². The van der Waals surface area contributed by atoms with Gasteiger partial charge >= 0.3 is 0 Å². The molecule has 0 saturated heterocycles. The average Bonchev–Trinajstić information content (AvgIpc) is 2.90. The molecule has 2 heterocycles. The number of nitrogens with zero attached hydrogens (tertiary/aromatic N) is 3. The Balaban J connectivity index is 2.01. The highest BCUT2D eigenvalue weighted by Gasteiger charge is 2.13. The molecule has 0 unspecified atom stereocenters. The van der Waals surface area contributed by atoms with E-state index in [1.165, 1.54) is 0 Å². The van der Waals surface area contributed by atoms with Crippen LogP contribution in [0.3, 0.4) is 0 Å². The zero-order valence-corrected chi connectivity index (χ0v) is 12.8. The number of hydrogen-bond acceptors (Lipinski definition) is 4. The van der Waals surface area contributed by atoms with E-state index in [4.69, 9.17) is 22.1 Å². The smallest absolute Gasteiger partial charge is 0.160 e. The van der Waals surface area contributed by atoms with Crippen LogP contribution in [0.5, 0.6) is 0 Å². The Labute approximate surface area is 133 Å². The van der Waals surface area contributed by atoms with E-state index in [0.717, 1.165) is 22.6 Å². The molecular formula is C16H17ClN4O. The summed E-state index contributed by atoms with van der Waals surface area (Å²) >= 11 is 6.02. The number of pyridine rings is 1. The fourth-order valence-corrected chi connectivity index (χ4v) is 2.50. The lowest BCUT2D eigenvalue weighted by atomic mass is 10.2. The average molecular weight is 317 g/mol. The van der Waals surface area contributed by atoms with Crippen LogP contribution in [0.25, 0.3) is 22.6 Å². The Morgan fingerprint density at radius 2 is 2.00 bits per heavy atom. The number of nitrogens with two attached hydrogens (primary N) is 1. The summed E-state index contributed by atoms with van der Waals surface area (Å²) in [4.78, 5) is 9.09. The Kier molecular flexibility index (Phi) is 4.68. The Morgan fingerprint density at radius 1 is 1.18 bits per heavy atom. The summed E-state index contributed by atoms with van der Waals surface area (Å²) in [6.45, 7) is 2.29. The van der Waals surface area contributed by atoms with Crippen LogP contribution in [-0.4, -0.2) is 34.3 Å². The lowest BCUT2D eigenvalue weighted by Crippen LogP contribution is -2.13. The molecule has 1 aromatic carbocycles. The zero-order chi connectivity index (χ0) is 15.4. The molecule has 0 amide bonds. The van der Waals surface area contributed by atoms with Crippen LogP contribution in [0.15, 0.2) is 42.6 Å². The van der Waals surface area contributed by atoms with Crippen molar-refractivity contribution in [2.24, 2.45) is 5.73 Å². The van der Waals surface area contributed by atoms with Crippen molar-refractivity contribution in [3.8, 4) is 11.4 Å². The van der Waals surface area contributed by atoms with Crippen LogP contribution in [-0.2, 0) is 11.3 Å². The predicted molar refractivity (Wildman–Crippen MR) is 87.8 cm³/mol. The molecule has 0 atom stereocenters. The van der Waals surface area contributed by atoms with Gasteiger partial charge in [-0.3, -0.25) is 0 Å². The molecular weight excluding hydrogens is 300 g/mol. The highest BCUT2D eigenvalue weighted by Crippen LogP contribution is 2.25. The van der Waals surface area contributed by atoms with Gasteiger partial charge in [-0.05, 0) is 6.07 Å². The number of imidazole rings is 1. The topological polar surface area (TPSA) is 66.0 Å². The second-order valence-electron chi connectivity index (χ2n) is 4.85. The third-order valence-corrected chi connectivity index (χ3v) is 3.51. The fourth-order valence-electron chi connectivity index (χ4n) is 2.35. The molecule has 0 fully saturated rings. The lowest BCUT2D eigenvalue weighted by Gasteiger charge is -2.09. The van der Waals surface area contributed by atoms with E-state index in [0.29, 0.717) is 31.3 Å². The van der Waals surface area contributed by atoms with E-state index in [2.05, 4.69) is 14.5 Å². The van der Waals surface area contributed by atoms with Gasteiger partial charge in [0.15, 0.2) is 5.65 Å². The van der Waals surface area contributed by atoms with E-state index >= 15 is 0 Å². The van der Waals surface area contributed by atoms with Crippen LogP contribution in [0.1, 0.15) is 0 Å². The molecule has 6 heteroatoms. The van der Waals surface area contributed by atoms with Gasteiger partial charge < -0.3 is 15.0 Å². The van der Waals surface area contributed by atoms with Crippen LogP contribution in [0.2, 0.25) is 5.02 Å². The standard InChI is InChI=1S/C16H17ClN4O/c17-13-10-14-16(19-11-13)21(7-9-22-8-6-18)15(20-14)12-4-2-1-3-5-12/h1-5,10-11H,6-9,18H2. The molecule has 3 rings (SSSR count). The minimum Gasteiger partial charge on any atom is -0.378 e. The third-order valence-electron chi connectivity index (χ3n) is 3.30. The molecule has 0 aliphatic heterocycles. The second-order valence-corrected chi connectivity index (χ2v) is 5.29. The van der Waals surface area contributed by atoms with Gasteiger partial charge in [-0.2, -0.15) is 0 Å². The van der Waals surface area contributed by atoms with Gasteiger partial charge in [0, 0.05) is 24.8 Å². The molecule has 0 saturated carbocycles. The second kappa shape index (κ2) is 6.87. The van der Waals surface area contributed by atoms with Gasteiger partial charge in [-0.15, -0.1) is 0 Å². The van der Waals surface area contributed by atoms with Gasteiger partial charge in [0.05, 0.1) is 18.2 Å². The number of aromatic nitrogens is 3. The van der Waals surface area contributed by atoms with Gasteiger partial charge in [-0.1, -0.05) is 41.9 Å². The number of halogens is 1. The molecule has 5 nitrogen and oxygen atoms in total. The molecule has 114 valence electrons. The summed E-state index contributed by atoms with van der Waals surface area (Å²) in [5, 5.41) is 0.580. The maximum Gasteiger partial charge on any atom is 0.160 e. The highest BCUT2D eigenvalue weighted by molar-refractivity contribution is 6.31. The SMILES string of the molecule is NCCOCCn1c(-c2ccccc2)nc2cc(Cl)cnc21. The first-order chi connectivity index (χ1) is 10.8. The van der Waals surface area contributed by atoms with Crippen LogP contribution >= 0.6 is 11.6 Å². The van der Waals surface area contributed by atoms with Crippen molar-refractivity contribution in [1.82, 2.24) is 14.5 Å². The monoisotopic (exact) mass is 316 g/mol. The van der Waals surface area contributed by atoms with Gasteiger partial charge in [0.1, 0.15) is 11.3 Å². The molecule has 2 aromatic heterocycles. The van der Waals surface area contributed by atoms with Gasteiger partial charge in [0.25, 0.3) is 0 Å². The normalized spacial score (nSPS) is 11.2. The minimum atomic E-state index is 0.518. The van der Waals surface area contributed by atoms with Gasteiger partial charge in [0.2, 0.25) is 0 Å². The Hall–Kier alpha value is -1.95. The van der Waals surface area contributed by atoms with Crippen LogP contribution in [0, 0.1) is 0 Å². The van der Waals surface area contributed by atoms with E-state index in [1.807, 2.05) is 36.4 Å². The number of rotatable bonds is 6. The van der Waals surface area contributed by atoms with E-state index in [1.54, 1.807) is 6.20 Å². The summed E-state index contributed by atoms with van der Waals surface area (Å²) < 4.78 is 7.55. The lowest BCUT2D eigenvalue weighted by molar-refractivity contribution is 0.134. The molecule has 0 aliphatic rings. The molecule has 2 N–H and O–H groups in total. The minimum absolute atomic E-state index is 0.518. The van der Waals surface area contributed by atoms with Crippen molar-refractivity contribution in [2.75, 3.05) is 19.8 Å². The van der Waals surface area contributed by atoms with Crippen molar-refractivity contribution >= 4 is 22.8 Å². The molecule has 0 bridgehead atoms. The summed E-state index contributed by atoms with van der Waals surface area (Å²) in [6.07, 6.45) is 1.64. The zero-order valence-electron chi connectivity index (χ0n) is 12.1. The van der Waals surface area contributed by atoms with Crippen molar-refractivity contribution in [3.05, 3.63) is 47.6 Å². The highest BCUT2D eigenvalue weighted by atomic mass is 35.5. The fraction of sp³-hybridized carbons (Fsp3) is 0.250. The molecule has 0 radical (unpaired) electrons. The van der Waals surface area contributed by atoms with Crippen LogP contribution in [0.4, 0.5) is 0 Å². The van der Waals surface area contributed by atoms with Crippen molar-refractivity contribution in [2.45, 2.75) is 6.54 Å². The van der Waals surface area contributed by atoms with Crippen molar-refractivity contribution in [3.63, 3.8) is 0 Å². The van der Waals surface area contributed by atoms with E-state index < -0.39 is 0 Å². The third kappa shape index (κ3) is 3.11. The Bertz CT molecular complexity index is 757. The largest absolute Gasteiger partial charge is 0.378 e. The summed E-state index contributed by atoms with van der Waals surface area (Å²) in [6, 6.07) is 11.8. The van der Waals surface area contributed by atoms with E-state index in [-0.39, 0.29) is 0 Å². The summed E-state index contributed by atoms with van der Waals surface area (Å²) in [5.74, 6) is 0.863.